The molecule has 3 nitrogen and oxygen atoms in total. The van der Waals surface area contributed by atoms with Crippen LogP contribution < -0.4 is 5.32 Å². The molecule has 4 heteroatoms. The van der Waals surface area contributed by atoms with E-state index in [4.69, 9.17) is 4.74 Å². The van der Waals surface area contributed by atoms with Crippen LogP contribution in [0.2, 0.25) is 0 Å². The number of carbonyl (C=O) groups is 1. The molecule has 0 aromatic heterocycles. The van der Waals surface area contributed by atoms with Crippen molar-refractivity contribution in [3.63, 3.8) is 0 Å². The Bertz CT molecular complexity index is 479. The summed E-state index contributed by atoms with van der Waals surface area (Å²) >= 11 is 3.53. The molecule has 1 aliphatic rings. The third kappa shape index (κ3) is 3.17. The van der Waals surface area contributed by atoms with E-state index in [0.717, 1.165) is 29.4 Å². The number of ether oxygens (including phenoxy) is 1. The Morgan fingerprint density at radius 1 is 1.30 bits per heavy atom. The van der Waals surface area contributed by atoms with Crippen molar-refractivity contribution in [3.8, 4) is 0 Å². The lowest BCUT2D eigenvalue weighted by Gasteiger charge is -2.41. The lowest BCUT2D eigenvalue weighted by atomic mass is 9.71. The number of para-hydroxylation sites is 1. The Kier molecular flexibility index (Phi) is 4.74. The normalized spacial score (nSPS) is 29.8. The van der Waals surface area contributed by atoms with Gasteiger partial charge in [0.05, 0.1) is 7.11 Å². The molecule has 2 unspecified atom stereocenters. The summed E-state index contributed by atoms with van der Waals surface area (Å²) < 4.78 is 6.05. The number of esters is 1. The predicted octanol–water partition coefficient (Wildman–Crippen LogP) is 4.23. The van der Waals surface area contributed by atoms with Gasteiger partial charge in [-0.1, -0.05) is 26.0 Å². The summed E-state index contributed by atoms with van der Waals surface area (Å²) in [6.45, 7) is 4.41. The molecule has 0 spiro atoms. The highest BCUT2D eigenvalue weighted by Gasteiger charge is 2.45. The van der Waals surface area contributed by atoms with Crippen molar-refractivity contribution in [3.05, 3.63) is 28.7 Å². The van der Waals surface area contributed by atoms with E-state index in [1.165, 1.54) is 7.11 Å². The number of anilines is 1. The zero-order valence-electron chi connectivity index (χ0n) is 12.3. The van der Waals surface area contributed by atoms with Crippen LogP contribution in [-0.2, 0) is 9.53 Å². The van der Waals surface area contributed by atoms with Gasteiger partial charge >= 0.3 is 5.97 Å². The van der Waals surface area contributed by atoms with Crippen molar-refractivity contribution in [2.45, 2.75) is 38.6 Å². The van der Waals surface area contributed by atoms with Crippen LogP contribution in [0.3, 0.4) is 0 Å². The molecule has 1 fully saturated rings. The topological polar surface area (TPSA) is 38.3 Å². The number of hydrogen-bond acceptors (Lipinski definition) is 3. The van der Waals surface area contributed by atoms with Gasteiger partial charge in [0, 0.05) is 10.2 Å². The number of halogens is 1. The molecule has 1 aromatic carbocycles. The van der Waals surface area contributed by atoms with E-state index in [2.05, 4.69) is 35.1 Å². The molecule has 110 valence electrons. The first-order valence-corrected chi connectivity index (χ1v) is 7.87. The highest BCUT2D eigenvalue weighted by Crippen LogP contribution is 2.40. The van der Waals surface area contributed by atoms with Crippen LogP contribution in [0.1, 0.15) is 33.1 Å². The quantitative estimate of drug-likeness (QED) is 0.837. The molecule has 0 aliphatic heterocycles. The zero-order valence-corrected chi connectivity index (χ0v) is 13.9. The molecule has 0 bridgehead atoms. The first kappa shape index (κ1) is 15.4. The van der Waals surface area contributed by atoms with Crippen LogP contribution >= 0.6 is 15.9 Å². The third-order valence-electron chi connectivity index (χ3n) is 4.02. The summed E-state index contributed by atoms with van der Waals surface area (Å²) in [6.07, 6.45) is 2.78. The van der Waals surface area contributed by atoms with Gasteiger partial charge in [-0.15, -0.1) is 0 Å². The summed E-state index contributed by atoms with van der Waals surface area (Å²) in [5.74, 6) is 0.854. The van der Waals surface area contributed by atoms with Crippen LogP contribution in [0.4, 0.5) is 5.69 Å². The van der Waals surface area contributed by atoms with E-state index in [-0.39, 0.29) is 5.97 Å². The monoisotopic (exact) mass is 339 g/mol. The van der Waals surface area contributed by atoms with Crippen LogP contribution in [0.25, 0.3) is 0 Å². The summed E-state index contributed by atoms with van der Waals surface area (Å²) in [7, 11) is 1.47. The van der Waals surface area contributed by atoms with Gasteiger partial charge in [0.15, 0.2) is 0 Å². The Morgan fingerprint density at radius 3 is 2.45 bits per heavy atom. The highest BCUT2D eigenvalue weighted by molar-refractivity contribution is 9.10. The van der Waals surface area contributed by atoms with Crippen LogP contribution in [0, 0.1) is 11.8 Å². The summed E-state index contributed by atoms with van der Waals surface area (Å²) in [6, 6.07) is 7.89. The number of rotatable bonds is 3. The van der Waals surface area contributed by atoms with E-state index in [0.29, 0.717) is 11.8 Å². The largest absolute Gasteiger partial charge is 0.467 e. The number of carbonyl (C=O) groups excluding carboxylic acids is 1. The molecule has 1 saturated carbocycles. The third-order valence-corrected chi connectivity index (χ3v) is 4.71. The Balaban J connectivity index is 2.33. The Hall–Kier alpha value is -1.03. The molecule has 2 atom stereocenters. The molecule has 0 heterocycles. The van der Waals surface area contributed by atoms with Crippen molar-refractivity contribution in [2.24, 2.45) is 11.8 Å². The minimum atomic E-state index is -0.615. The summed E-state index contributed by atoms with van der Waals surface area (Å²) in [5.41, 5.74) is 0.328. The van der Waals surface area contributed by atoms with Crippen LogP contribution in [0.15, 0.2) is 28.7 Å². The van der Waals surface area contributed by atoms with Gasteiger partial charge in [-0.3, -0.25) is 0 Å². The molecular formula is C16H22BrNO2. The summed E-state index contributed by atoms with van der Waals surface area (Å²) in [5, 5.41) is 3.45. The molecule has 2 rings (SSSR count). The van der Waals surface area contributed by atoms with Crippen molar-refractivity contribution >= 4 is 27.6 Å². The zero-order chi connectivity index (χ0) is 14.8. The minimum Gasteiger partial charge on any atom is -0.467 e. The van der Waals surface area contributed by atoms with E-state index in [1.807, 2.05) is 24.3 Å². The van der Waals surface area contributed by atoms with E-state index in [1.54, 1.807) is 0 Å². The van der Waals surface area contributed by atoms with Gasteiger partial charge in [-0.2, -0.15) is 0 Å². The van der Waals surface area contributed by atoms with Gasteiger partial charge in [-0.25, -0.2) is 4.79 Å². The molecule has 0 radical (unpaired) electrons. The standard InChI is InChI=1S/C16H22BrNO2/c1-11-8-12(2)10-16(9-11,15(19)20-3)18-14-7-5-4-6-13(14)17/h4-7,11-12,18H,8-10H2,1-3H3. The Morgan fingerprint density at radius 2 is 1.90 bits per heavy atom. The second kappa shape index (κ2) is 6.17. The van der Waals surface area contributed by atoms with Gasteiger partial charge in [0.25, 0.3) is 0 Å². The number of methoxy groups -OCH3 is 1. The van der Waals surface area contributed by atoms with Gasteiger partial charge in [0.2, 0.25) is 0 Å². The fourth-order valence-corrected chi connectivity index (χ4v) is 3.85. The number of benzene rings is 1. The number of hydrogen-bond donors (Lipinski definition) is 1. The van der Waals surface area contributed by atoms with Crippen molar-refractivity contribution < 1.29 is 9.53 Å². The van der Waals surface area contributed by atoms with Crippen molar-refractivity contribution in [2.75, 3.05) is 12.4 Å². The maximum atomic E-state index is 12.4. The highest BCUT2D eigenvalue weighted by atomic mass is 79.9. The van der Waals surface area contributed by atoms with E-state index in [9.17, 15) is 4.79 Å². The first-order chi connectivity index (χ1) is 9.47. The second-order valence-corrected chi connectivity index (χ2v) is 6.89. The van der Waals surface area contributed by atoms with E-state index >= 15 is 0 Å². The molecule has 1 aromatic rings. The lowest BCUT2D eigenvalue weighted by molar-refractivity contribution is -0.148. The van der Waals surface area contributed by atoms with Crippen molar-refractivity contribution in [1.82, 2.24) is 0 Å². The maximum absolute atomic E-state index is 12.4. The van der Waals surface area contributed by atoms with Gasteiger partial charge in [-0.05, 0) is 59.2 Å². The van der Waals surface area contributed by atoms with E-state index < -0.39 is 5.54 Å². The second-order valence-electron chi connectivity index (χ2n) is 6.03. The first-order valence-electron chi connectivity index (χ1n) is 7.08. The van der Waals surface area contributed by atoms with Crippen LogP contribution in [0.5, 0.6) is 0 Å². The molecular weight excluding hydrogens is 318 g/mol. The Labute approximate surface area is 129 Å². The molecule has 20 heavy (non-hydrogen) atoms. The fourth-order valence-electron chi connectivity index (χ4n) is 3.46. The van der Waals surface area contributed by atoms with Gasteiger partial charge < -0.3 is 10.1 Å². The lowest BCUT2D eigenvalue weighted by Crippen LogP contribution is -2.52. The molecule has 1 N–H and O–H groups in total. The predicted molar refractivity (Wildman–Crippen MR) is 84.7 cm³/mol. The molecule has 0 saturated heterocycles. The van der Waals surface area contributed by atoms with Gasteiger partial charge in [0.1, 0.15) is 5.54 Å². The maximum Gasteiger partial charge on any atom is 0.331 e. The average Bonchev–Trinajstić information content (AvgIpc) is 2.39. The smallest absolute Gasteiger partial charge is 0.331 e. The number of nitrogens with one attached hydrogen (secondary N) is 1. The molecule has 0 amide bonds. The molecule has 1 aliphatic carbocycles. The fraction of sp³-hybridized carbons (Fsp3) is 0.562. The SMILES string of the molecule is COC(=O)C1(Nc2ccccc2Br)CC(C)CC(C)C1. The average molecular weight is 340 g/mol. The minimum absolute atomic E-state index is 0.161. The van der Waals surface area contributed by atoms with Crippen LogP contribution in [-0.4, -0.2) is 18.6 Å². The van der Waals surface area contributed by atoms with Crippen molar-refractivity contribution in [1.29, 1.82) is 0 Å². The summed E-state index contributed by atoms with van der Waals surface area (Å²) in [4.78, 5) is 12.4.